The molecule has 0 radical (unpaired) electrons. The third-order valence-electron chi connectivity index (χ3n) is 4.52. The lowest BCUT2D eigenvalue weighted by Gasteiger charge is -2.34. The molecule has 1 N–H and O–H groups in total. The highest BCUT2D eigenvalue weighted by atomic mass is 15.2. The number of benzene rings is 1. The van der Waals surface area contributed by atoms with Crippen molar-refractivity contribution in [1.82, 2.24) is 10.2 Å². The molecule has 1 aromatic rings. The van der Waals surface area contributed by atoms with Crippen LogP contribution in [0.5, 0.6) is 0 Å². The fourth-order valence-electron chi connectivity index (χ4n) is 3.51. The van der Waals surface area contributed by atoms with Crippen LogP contribution in [0.1, 0.15) is 30.4 Å². The Labute approximate surface area is 104 Å². The average Bonchev–Trinajstić information content (AvgIpc) is 2.99. The molecule has 0 bridgehead atoms. The lowest BCUT2D eigenvalue weighted by molar-refractivity contribution is 0.215. The first kappa shape index (κ1) is 11.2. The third-order valence-corrected chi connectivity index (χ3v) is 4.52. The van der Waals surface area contributed by atoms with Crippen LogP contribution in [-0.4, -0.2) is 31.6 Å². The smallest absolute Gasteiger partial charge is 0.0566 e. The zero-order chi connectivity index (χ0) is 11.7. The number of aryl methyl sites for hydroxylation is 1. The van der Waals surface area contributed by atoms with Crippen molar-refractivity contribution in [3.8, 4) is 0 Å². The molecular weight excluding hydrogens is 208 g/mol. The maximum absolute atomic E-state index is 3.62. The minimum Gasteiger partial charge on any atom is -0.309 e. The average molecular weight is 230 g/mol. The highest BCUT2D eigenvalue weighted by molar-refractivity contribution is 5.39. The minimum atomic E-state index is 0.209. The van der Waals surface area contributed by atoms with E-state index >= 15 is 0 Å². The Morgan fingerprint density at radius 1 is 1.24 bits per heavy atom. The van der Waals surface area contributed by atoms with Crippen LogP contribution in [0.4, 0.5) is 0 Å². The first-order chi connectivity index (χ1) is 8.34. The van der Waals surface area contributed by atoms with E-state index in [1.54, 1.807) is 5.56 Å². The van der Waals surface area contributed by atoms with Gasteiger partial charge >= 0.3 is 0 Å². The number of fused-ring (bicyclic) bond motifs is 1. The zero-order valence-corrected chi connectivity index (χ0v) is 10.7. The second-order valence-corrected chi connectivity index (χ2v) is 5.47. The molecule has 0 unspecified atom stereocenters. The number of hydrogen-bond donors (Lipinski definition) is 1. The summed E-state index contributed by atoms with van der Waals surface area (Å²) in [4.78, 5) is 2.62. The number of nitrogens with one attached hydrogen (secondary N) is 1. The van der Waals surface area contributed by atoms with Gasteiger partial charge < -0.3 is 10.2 Å². The van der Waals surface area contributed by atoms with E-state index in [4.69, 9.17) is 0 Å². The molecule has 2 heteroatoms. The molecule has 17 heavy (non-hydrogen) atoms. The summed E-state index contributed by atoms with van der Waals surface area (Å²) in [6.45, 7) is 3.75. The second-order valence-electron chi connectivity index (χ2n) is 5.47. The fraction of sp³-hybridized carbons (Fsp3) is 0.600. The summed E-state index contributed by atoms with van der Waals surface area (Å²) >= 11 is 0. The van der Waals surface area contributed by atoms with Crippen molar-refractivity contribution in [3.63, 3.8) is 0 Å². The topological polar surface area (TPSA) is 15.3 Å². The Balaban J connectivity index is 1.87. The summed E-state index contributed by atoms with van der Waals surface area (Å²) in [7, 11) is 2.12. The molecule has 0 amide bonds. The zero-order valence-electron chi connectivity index (χ0n) is 10.7. The van der Waals surface area contributed by atoms with Gasteiger partial charge in [0.2, 0.25) is 0 Å². The Bertz CT molecular complexity index is 396. The maximum atomic E-state index is 3.62. The highest BCUT2D eigenvalue weighted by Gasteiger charge is 2.38. The predicted molar refractivity (Wildman–Crippen MR) is 71.2 cm³/mol. The molecular formula is C15H22N2. The van der Waals surface area contributed by atoms with E-state index < -0.39 is 0 Å². The van der Waals surface area contributed by atoms with E-state index in [9.17, 15) is 0 Å². The number of hydrogen-bond acceptors (Lipinski definition) is 2. The quantitative estimate of drug-likeness (QED) is 0.856. The van der Waals surface area contributed by atoms with Crippen LogP contribution in [0.25, 0.3) is 0 Å². The molecule has 1 aliphatic heterocycles. The molecule has 1 saturated heterocycles. The van der Waals surface area contributed by atoms with Crippen molar-refractivity contribution >= 4 is 0 Å². The van der Waals surface area contributed by atoms with Gasteiger partial charge in [-0.3, -0.25) is 0 Å². The SMILES string of the molecule is CN[C@]1(CN2CCCC2)CCc2ccccc21. The second kappa shape index (κ2) is 4.43. The summed E-state index contributed by atoms with van der Waals surface area (Å²) in [5.74, 6) is 0. The van der Waals surface area contributed by atoms with Crippen LogP contribution in [0.2, 0.25) is 0 Å². The molecule has 2 nitrogen and oxygen atoms in total. The molecule has 1 fully saturated rings. The Morgan fingerprint density at radius 3 is 2.76 bits per heavy atom. The van der Waals surface area contributed by atoms with E-state index in [2.05, 4.69) is 41.5 Å². The third kappa shape index (κ3) is 1.90. The highest BCUT2D eigenvalue weighted by Crippen LogP contribution is 2.37. The molecule has 1 heterocycles. The molecule has 1 aromatic carbocycles. The monoisotopic (exact) mass is 230 g/mol. The Hall–Kier alpha value is -0.860. The molecule has 3 rings (SSSR count). The number of rotatable bonds is 3. The van der Waals surface area contributed by atoms with Gasteiger partial charge in [0.25, 0.3) is 0 Å². The van der Waals surface area contributed by atoms with E-state index in [0.717, 1.165) is 0 Å². The number of likely N-dealkylation sites (N-methyl/N-ethyl adjacent to an activating group) is 1. The molecule has 1 atom stereocenters. The van der Waals surface area contributed by atoms with Crippen LogP contribution in [0.3, 0.4) is 0 Å². The molecule has 0 spiro atoms. The number of likely N-dealkylation sites (tertiary alicyclic amines) is 1. The van der Waals surface area contributed by atoms with Gasteiger partial charge in [-0.15, -0.1) is 0 Å². The largest absolute Gasteiger partial charge is 0.309 e. The minimum absolute atomic E-state index is 0.209. The maximum Gasteiger partial charge on any atom is 0.0566 e. The van der Waals surface area contributed by atoms with Gasteiger partial charge in [0.15, 0.2) is 0 Å². The van der Waals surface area contributed by atoms with Crippen molar-refractivity contribution in [1.29, 1.82) is 0 Å². The summed E-state index contributed by atoms with van der Waals surface area (Å²) in [6.07, 6.45) is 5.23. The summed E-state index contributed by atoms with van der Waals surface area (Å²) in [6, 6.07) is 8.95. The van der Waals surface area contributed by atoms with E-state index in [1.165, 1.54) is 50.9 Å². The van der Waals surface area contributed by atoms with Gasteiger partial charge in [-0.1, -0.05) is 24.3 Å². The van der Waals surface area contributed by atoms with Gasteiger partial charge in [-0.25, -0.2) is 0 Å². The van der Waals surface area contributed by atoms with Crippen LogP contribution in [0, 0.1) is 0 Å². The van der Waals surface area contributed by atoms with Gasteiger partial charge in [0.1, 0.15) is 0 Å². The molecule has 2 aliphatic rings. The molecule has 92 valence electrons. The summed E-state index contributed by atoms with van der Waals surface area (Å²) < 4.78 is 0. The molecule has 1 aliphatic carbocycles. The fourth-order valence-corrected chi connectivity index (χ4v) is 3.51. The van der Waals surface area contributed by atoms with Gasteiger partial charge in [-0.2, -0.15) is 0 Å². The Morgan fingerprint density at radius 2 is 2.00 bits per heavy atom. The normalized spacial score (nSPS) is 28.5. The number of nitrogens with zero attached hydrogens (tertiary/aromatic N) is 1. The van der Waals surface area contributed by atoms with Crippen molar-refractivity contribution in [3.05, 3.63) is 35.4 Å². The summed E-state index contributed by atoms with van der Waals surface area (Å²) in [5, 5.41) is 3.62. The van der Waals surface area contributed by atoms with Gasteiger partial charge in [-0.05, 0) is 56.9 Å². The van der Waals surface area contributed by atoms with Crippen molar-refractivity contribution in [2.75, 3.05) is 26.7 Å². The van der Waals surface area contributed by atoms with Gasteiger partial charge in [0, 0.05) is 6.54 Å². The predicted octanol–water partition coefficient (Wildman–Crippen LogP) is 2.14. The van der Waals surface area contributed by atoms with E-state index in [0.29, 0.717) is 0 Å². The molecule has 0 saturated carbocycles. The van der Waals surface area contributed by atoms with Crippen LogP contribution < -0.4 is 5.32 Å². The van der Waals surface area contributed by atoms with E-state index in [-0.39, 0.29) is 5.54 Å². The van der Waals surface area contributed by atoms with Gasteiger partial charge in [0.05, 0.1) is 5.54 Å². The van der Waals surface area contributed by atoms with Crippen LogP contribution in [-0.2, 0) is 12.0 Å². The van der Waals surface area contributed by atoms with Crippen molar-refractivity contribution in [2.24, 2.45) is 0 Å². The Kier molecular flexibility index (Phi) is 2.93. The van der Waals surface area contributed by atoms with Crippen LogP contribution in [0.15, 0.2) is 24.3 Å². The molecule has 0 aromatic heterocycles. The lowest BCUT2D eigenvalue weighted by Crippen LogP contribution is -2.47. The standard InChI is InChI=1S/C15H22N2/c1-16-15(12-17-10-4-5-11-17)9-8-13-6-2-3-7-14(13)15/h2-3,6-7,16H,4-5,8-12H2,1H3/t15-/m0/s1. The van der Waals surface area contributed by atoms with Crippen LogP contribution >= 0.6 is 0 Å². The first-order valence-electron chi connectivity index (χ1n) is 6.84. The van der Waals surface area contributed by atoms with Crippen molar-refractivity contribution in [2.45, 2.75) is 31.2 Å². The van der Waals surface area contributed by atoms with E-state index in [1.807, 2.05) is 0 Å². The lowest BCUT2D eigenvalue weighted by atomic mass is 9.91. The van der Waals surface area contributed by atoms with Crippen molar-refractivity contribution < 1.29 is 0 Å². The summed E-state index contributed by atoms with van der Waals surface area (Å²) in [5.41, 5.74) is 3.29. The first-order valence-corrected chi connectivity index (χ1v) is 6.84.